The zero-order valence-corrected chi connectivity index (χ0v) is 23.5. The molecule has 0 bridgehead atoms. The predicted molar refractivity (Wildman–Crippen MR) is 153 cm³/mol. The van der Waals surface area contributed by atoms with Gasteiger partial charge in [-0.2, -0.15) is 0 Å². The van der Waals surface area contributed by atoms with Gasteiger partial charge in [0.15, 0.2) is 17.9 Å². The maximum atomic E-state index is 13.4. The van der Waals surface area contributed by atoms with E-state index in [1.54, 1.807) is 66.7 Å². The van der Waals surface area contributed by atoms with Gasteiger partial charge in [0.2, 0.25) is 0 Å². The number of amides is 2. The van der Waals surface area contributed by atoms with E-state index in [0.29, 0.717) is 6.29 Å². The Labute approximate surface area is 248 Å². The first-order chi connectivity index (χ1) is 20.8. The molecule has 0 spiro atoms. The summed E-state index contributed by atoms with van der Waals surface area (Å²) in [4.78, 5) is 64.7. The Bertz CT molecular complexity index is 1460. The van der Waals surface area contributed by atoms with Crippen molar-refractivity contribution >= 4 is 30.2 Å². The van der Waals surface area contributed by atoms with Gasteiger partial charge in [-0.05, 0) is 49.4 Å². The van der Waals surface area contributed by atoms with Gasteiger partial charge < -0.3 is 24.3 Å². The number of aldehydes is 1. The largest absolute Gasteiger partial charge is 0.459 e. The lowest BCUT2D eigenvalue weighted by atomic mass is 9.94. The van der Waals surface area contributed by atoms with E-state index in [4.69, 9.17) is 18.9 Å². The molecule has 3 aromatic rings. The van der Waals surface area contributed by atoms with Crippen molar-refractivity contribution in [1.82, 2.24) is 10.2 Å². The lowest BCUT2D eigenvalue weighted by Crippen LogP contribution is -2.58. The second-order valence-electron chi connectivity index (χ2n) is 9.56. The van der Waals surface area contributed by atoms with E-state index in [2.05, 4.69) is 5.32 Å². The minimum absolute atomic E-state index is 0.185. The summed E-state index contributed by atoms with van der Waals surface area (Å²) in [7, 11) is 1.36. The first kappa shape index (κ1) is 30.7. The molecule has 222 valence electrons. The fraction of sp³-hybridized carbons (Fsp3) is 0.219. The minimum Gasteiger partial charge on any atom is -0.459 e. The van der Waals surface area contributed by atoms with Crippen molar-refractivity contribution in [3.8, 4) is 0 Å². The van der Waals surface area contributed by atoms with Crippen molar-refractivity contribution in [2.24, 2.45) is 0 Å². The summed E-state index contributed by atoms with van der Waals surface area (Å²) in [6.07, 6.45) is -1.41. The van der Waals surface area contributed by atoms with Crippen molar-refractivity contribution in [2.75, 3.05) is 13.7 Å². The standard InChI is InChI=1S/C32H30N2O9/c1-32(43-29(38)24-17-10-5-11-18-24)26(42-28(37)23-15-8-4-9-16-23)25(21-40-27(36)22-13-6-3-7-14-22)41-30(32)34(19-12-20-35)31(39)33-2/h3-20,25-26,30H,21H2,1-2H3,(H,33,39). The second kappa shape index (κ2) is 14.1. The number of hydrogen-bond acceptors (Lipinski definition) is 9. The average Bonchev–Trinajstić information content (AvgIpc) is 3.30. The number of carbonyl (C=O) groups is 5. The molecule has 43 heavy (non-hydrogen) atoms. The number of urea groups is 1. The average molecular weight is 587 g/mol. The lowest BCUT2D eigenvalue weighted by molar-refractivity contribution is -0.116. The monoisotopic (exact) mass is 586 g/mol. The molecule has 11 nitrogen and oxygen atoms in total. The fourth-order valence-electron chi connectivity index (χ4n) is 4.57. The Kier molecular flexibility index (Phi) is 10.0. The number of benzene rings is 3. The smallest absolute Gasteiger partial charge is 0.338 e. The number of allylic oxidation sites excluding steroid dienone is 1. The van der Waals surface area contributed by atoms with Crippen LogP contribution in [0.15, 0.2) is 103 Å². The van der Waals surface area contributed by atoms with Crippen LogP contribution in [0.2, 0.25) is 0 Å². The van der Waals surface area contributed by atoms with E-state index in [1.165, 1.54) is 38.2 Å². The van der Waals surface area contributed by atoms with Gasteiger partial charge in [0, 0.05) is 13.2 Å². The Hall–Kier alpha value is -5.29. The molecule has 4 rings (SSSR count). The van der Waals surface area contributed by atoms with Gasteiger partial charge in [0.25, 0.3) is 0 Å². The number of rotatable bonds is 10. The molecule has 1 aliphatic heterocycles. The van der Waals surface area contributed by atoms with Crippen LogP contribution < -0.4 is 5.32 Å². The first-order valence-electron chi connectivity index (χ1n) is 13.3. The SMILES string of the molecule is CNC(=O)N(C=CC=O)C1OC(COC(=O)c2ccccc2)C(OC(=O)c2ccccc2)C1(C)OC(=O)c1ccccc1. The maximum absolute atomic E-state index is 13.4. The number of nitrogens with one attached hydrogen (secondary N) is 1. The van der Waals surface area contributed by atoms with Crippen LogP contribution in [0.1, 0.15) is 38.0 Å². The van der Waals surface area contributed by atoms with Crippen LogP contribution in [0.4, 0.5) is 4.79 Å². The molecule has 11 heteroatoms. The molecule has 4 unspecified atom stereocenters. The normalized spacial score (nSPS) is 21.0. The summed E-state index contributed by atoms with van der Waals surface area (Å²) in [6, 6.07) is 23.7. The van der Waals surface area contributed by atoms with Crippen molar-refractivity contribution in [1.29, 1.82) is 0 Å². The molecule has 0 aliphatic carbocycles. The van der Waals surface area contributed by atoms with Gasteiger partial charge in [-0.3, -0.25) is 9.69 Å². The maximum Gasteiger partial charge on any atom is 0.338 e. The zero-order chi connectivity index (χ0) is 30.8. The molecule has 2 amide bonds. The van der Waals surface area contributed by atoms with Crippen LogP contribution in [0, 0.1) is 0 Å². The summed E-state index contributed by atoms with van der Waals surface area (Å²) in [5.41, 5.74) is -1.22. The highest BCUT2D eigenvalue weighted by Crippen LogP contribution is 2.40. The van der Waals surface area contributed by atoms with E-state index < -0.39 is 54.6 Å². The van der Waals surface area contributed by atoms with Gasteiger partial charge in [-0.1, -0.05) is 54.6 Å². The van der Waals surface area contributed by atoms with Crippen molar-refractivity contribution < 1.29 is 42.9 Å². The number of esters is 3. The Balaban J connectivity index is 1.76. The van der Waals surface area contributed by atoms with Gasteiger partial charge in [0.1, 0.15) is 19.0 Å². The summed E-state index contributed by atoms with van der Waals surface area (Å²) < 4.78 is 23.6. The van der Waals surface area contributed by atoms with Crippen LogP contribution in [-0.4, -0.2) is 72.8 Å². The molecule has 1 heterocycles. The van der Waals surface area contributed by atoms with E-state index >= 15 is 0 Å². The molecule has 0 aromatic heterocycles. The molecule has 1 N–H and O–H groups in total. The van der Waals surface area contributed by atoms with Crippen molar-refractivity contribution in [3.63, 3.8) is 0 Å². The molecule has 3 aromatic carbocycles. The molecule has 0 radical (unpaired) electrons. The predicted octanol–water partition coefficient (Wildman–Crippen LogP) is 3.76. The molecule has 1 aliphatic rings. The Morgan fingerprint density at radius 2 is 1.35 bits per heavy atom. The molecular weight excluding hydrogens is 556 g/mol. The quantitative estimate of drug-likeness (QED) is 0.163. The summed E-state index contributed by atoms with van der Waals surface area (Å²) >= 11 is 0. The van der Waals surface area contributed by atoms with Gasteiger partial charge in [0.05, 0.1) is 16.7 Å². The third kappa shape index (κ3) is 7.14. The number of nitrogens with zero attached hydrogens (tertiary/aromatic N) is 1. The van der Waals surface area contributed by atoms with Gasteiger partial charge in [-0.15, -0.1) is 0 Å². The third-order valence-corrected chi connectivity index (χ3v) is 6.68. The van der Waals surface area contributed by atoms with Gasteiger partial charge >= 0.3 is 23.9 Å². The summed E-state index contributed by atoms with van der Waals surface area (Å²) in [5.74, 6) is -2.24. The molecular formula is C32H30N2O9. The topological polar surface area (TPSA) is 138 Å². The van der Waals surface area contributed by atoms with Crippen LogP contribution in [0.3, 0.4) is 0 Å². The Morgan fingerprint density at radius 3 is 1.86 bits per heavy atom. The minimum atomic E-state index is -1.87. The number of hydrogen-bond donors (Lipinski definition) is 1. The highest BCUT2D eigenvalue weighted by Gasteiger charge is 2.62. The molecule has 1 fully saturated rings. The van der Waals surface area contributed by atoms with Crippen molar-refractivity contribution in [2.45, 2.75) is 31.0 Å². The number of carbonyl (C=O) groups excluding carboxylic acids is 5. The van der Waals surface area contributed by atoms with Gasteiger partial charge in [-0.25, -0.2) is 19.2 Å². The van der Waals surface area contributed by atoms with Crippen molar-refractivity contribution in [3.05, 3.63) is 120 Å². The van der Waals surface area contributed by atoms with E-state index in [-0.39, 0.29) is 16.7 Å². The number of ether oxygens (including phenoxy) is 4. The van der Waals surface area contributed by atoms with Crippen LogP contribution in [0.25, 0.3) is 0 Å². The second-order valence-corrected chi connectivity index (χ2v) is 9.56. The summed E-state index contributed by atoms with van der Waals surface area (Å²) in [6.45, 7) is 1.000. The third-order valence-electron chi connectivity index (χ3n) is 6.68. The van der Waals surface area contributed by atoms with Crippen LogP contribution in [-0.2, 0) is 23.7 Å². The Morgan fingerprint density at radius 1 is 0.837 bits per heavy atom. The van der Waals surface area contributed by atoms with Crippen LogP contribution in [0.5, 0.6) is 0 Å². The molecule has 1 saturated heterocycles. The molecule has 4 atom stereocenters. The highest BCUT2D eigenvalue weighted by molar-refractivity contribution is 5.91. The van der Waals surface area contributed by atoms with E-state index in [0.717, 1.165) is 17.2 Å². The molecule has 0 saturated carbocycles. The van der Waals surface area contributed by atoms with Crippen LogP contribution >= 0.6 is 0 Å². The van der Waals surface area contributed by atoms with E-state index in [9.17, 15) is 24.0 Å². The highest BCUT2D eigenvalue weighted by atomic mass is 16.7. The zero-order valence-electron chi connectivity index (χ0n) is 23.5. The van der Waals surface area contributed by atoms with E-state index in [1.807, 2.05) is 0 Å². The first-order valence-corrected chi connectivity index (χ1v) is 13.3. The lowest BCUT2D eigenvalue weighted by Gasteiger charge is -2.37. The fourth-order valence-corrected chi connectivity index (χ4v) is 4.57. The summed E-state index contributed by atoms with van der Waals surface area (Å²) in [5, 5.41) is 2.45.